The van der Waals surface area contributed by atoms with Crippen molar-refractivity contribution in [2.24, 2.45) is 0 Å². The highest BCUT2D eigenvalue weighted by molar-refractivity contribution is 5.68. The van der Waals surface area contributed by atoms with Crippen molar-refractivity contribution in [2.45, 2.75) is 12.8 Å². The van der Waals surface area contributed by atoms with Gasteiger partial charge in [-0.1, -0.05) is 18.2 Å². The Balaban J connectivity index is 2.12. The molecule has 0 saturated heterocycles. The van der Waals surface area contributed by atoms with Crippen LogP contribution in [0, 0.1) is 23.0 Å². The lowest BCUT2D eigenvalue weighted by Gasteiger charge is -2.31. The minimum absolute atomic E-state index is 0.189. The zero-order chi connectivity index (χ0) is 14.1. The van der Waals surface area contributed by atoms with Crippen molar-refractivity contribution in [2.75, 3.05) is 11.4 Å². The van der Waals surface area contributed by atoms with Crippen LogP contribution in [0.25, 0.3) is 0 Å². The molecule has 0 fully saturated rings. The Hall–Kier alpha value is -2.41. The number of hydrogen-bond donors (Lipinski definition) is 0. The first-order valence-corrected chi connectivity index (χ1v) is 6.46. The summed E-state index contributed by atoms with van der Waals surface area (Å²) in [5, 5.41) is 8.73. The molecule has 0 bridgehead atoms. The van der Waals surface area contributed by atoms with Gasteiger partial charge in [0.15, 0.2) is 11.6 Å². The molecule has 20 heavy (non-hydrogen) atoms. The number of halogens is 2. The summed E-state index contributed by atoms with van der Waals surface area (Å²) in [5.74, 6) is -2.03. The van der Waals surface area contributed by atoms with Crippen LogP contribution in [0.2, 0.25) is 0 Å². The van der Waals surface area contributed by atoms with Crippen molar-refractivity contribution in [1.29, 1.82) is 5.26 Å². The van der Waals surface area contributed by atoms with E-state index in [-0.39, 0.29) is 11.3 Å². The predicted molar refractivity (Wildman–Crippen MR) is 72.8 cm³/mol. The fraction of sp³-hybridized carbons (Fsp3) is 0.188. The Morgan fingerprint density at radius 3 is 2.60 bits per heavy atom. The van der Waals surface area contributed by atoms with Gasteiger partial charge in [-0.15, -0.1) is 0 Å². The first-order chi connectivity index (χ1) is 9.72. The van der Waals surface area contributed by atoms with Gasteiger partial charge in [0.1, 0.15) is 6.07 Å². The van der Waals surface area contributed by atoms with Crippen LogP contribution in [0.15, 0.2) is 36.4 Å². The molecular formula is C16H12F2N2. The largest absolute Gasteiger partial charge is 0.339 e. The number of anilines is 2. The first kappa shape index (κ1) is 12.6. The van der Waals surface area contributed by atoms with Gasteiger partial charge in [-0.05, 0) is 36.6 Å². The minimum Gasteiger partial charge on any atom is -0.339 e. The Labute approximate surface area is 115 Å². The highest BCUT2D eigenvalue weighted by atomic mass is 19.2. The lowest BCUT2D eigenvalue weighted by atomic mass is 10.0. The van der Waals surface area contributed by atoms with E-state index in [0.29, 0.717) is 6.54 Å². The lowest BCUT2D eigenvalue weighted by molar-refractivity contribution is 0.505. The molecule has 3 rings (SSSR count). The van der Waals surface area contributed by atoms with Gasteiger partial charge in [-0.25, -0.2) is 8.78 Å². The number of benzene rings is 2. The number of hydrogen-bond acceptors (Lipinski definition) is 2. The topological polar surface area (TPSA) is 27.0 Å². The monoisotopic (exact) mass is 270 g/mol. The van der Waals surface area contributed by atoms with Crippen LogP contribution in [-0.4, -0.2) is 6.54 Å². The molecule has 0 saturated carbocycles. The van der Waals surface area contributed by atoms with Crippen molar-refractivity contribution in [1.82, 2.24) is 0 Å². The first-order valence-electron chi connectivity index (χ1n) is 6.46. The molecule has 0 amide bonds. The molecule has 100 valence electrons. The summed E-state index contributed by atoms with van der Waals surface area (Å²) in [6.45, 7) is 0.638. The quantitative estimate of drug-likeness (QED) is 0.785. The second-order valence-electron chi connectivity index (χ2n) is 4.76. The maximum Gasteiger partial charge on any atom is 0.183 e. The predicted octanol–water partition coefficient (Wildman–Crippen LogP) is 3.92. The van der Waals surface area contributed by atoms with Crippen LogP contribution < -0.4 is 4.90 Å². The summed E-state index contributed by atoms with van der Waals surface area (Å²) in [6, 6.07) is 12.2. The standard InChI is InChI=1S/C16H12F2N2/c17-15-12(10-19)7-8-14(16(15)18)20-9-3-5-11-4-1-2-6-13(11)20/h1-2,4,6-8H,3,5,9H2. The highest BCUT2D eigenvalue weighted by Crippen LogP contribution is 2.35. The SMILES string of the molecule is N#Cc1ccc(N2CCCc3ccccc32)c(F)c1F. The molecule has 0 atom stereocenters. The van der Waals surface area contributed by atoms with E-state index in [4.69, 9.17) is 5.26 Å². The fourth-order valence-electron chi connectivity index (χ4n) is 2.62. The number of para-hydroxylation sites is 1. The zero-order valence-corrected chi connectivity index (χ0v) is 10.7. The third kappa shape index (κ3) is 1.92. The van der Waals surface area contributed by atoms with Crippen molar-refractivity contribution in [3.8, 4) is 6.07 Å². The van der Waals surface area contributed by atoms with E-state index < -0.39 is 11.6 Å². The van der Waals surface area contributed by atoms with E-state index in [0.717, 1.165) is 24.1 Å². The van der Waals surface area contributed by atoms with E-state index >= 15 is 0 Å². The maximum atomic E-state index is 14.2. The van der Waals surface area contributed by atoms with Gasteiger partial charge in [0.2, 0.25) is 0 Å². The van der Waals surface area contributed by atoms with Gasteiger partial charge in [0, 0.05) is 12.2 Å². The van der Waals surface area contributed by atoms with Crippen molar-refractivity contribution in [3.05, 3.63) is 59.2 Å². The van der Waals surface area contributed by atoms with E-state index in [1.165, 1.54) is 12.1 Å². The maximum absolute atomic E-state index is 14.2. The zero-order valence-electron chi connectivity index (χ0n) is 10.7. The molecule has 0 aromatic heterocycles. The smallest absolute Gasteiger partial charge is 0.183 e. The molecule has 1 aliphatic rings. The summed E-state index contributed by atoms with van der Waals surface area (Å²) in [5.41, 5.74) is 1.95. The Bertz CT molecular complexity index is 704. The highest BCUT2D eigenvalue weighted by Gasteiger charge is 2.23. The Morgan fingerprint density at radius 1 is 1.00 bits per heavy atom. The van der Waals surface area contributed by atoms with Gasteiger partial charge < -0.3 is 4.90 Å². The summed E-state index contributed by atoms with van der Waals surface area (Å²) in [4.78, 5) is 1.78. The molecule has 0 N–H and O–H groups in total. The van der Waals surface area contributed by atoms with Gasteiger partial charge in [0.05, 0.1) is 11.3 Å². The summed E-state index contributed by atoms with van der Waals surface area (Å²) in [6.07, 6.45) is 1.82. The van der Waals surface area contributed by atoms with E-state index in [9.17, 15) is 8.78 Å². The molecule has 1 aliphatic heterocycles. The van der Waals surface area contributed by atoms with Crippen LogP contribution >= 0.6 is 0 Å². The number of rotatable bonds is 1. The van der Waals surface area contributed by atoms with Gasteiger partial charge in [0.25, 0.3) is 0 Å². The van der Waals surface area contributed by atoms with E-state index in [1.807, 2.05) is 24.3 Å². The molecule has 0 aliphatic carbocycles. The van der Waals surface area contributed by atoms with Crippen molar-refractivity contribution < 1.29 is 8.78 Å². The van der Waals surface area contributed by atoms with Gasteiger partial charge in [-0.3, -0.25) is 0 Å². The third-order valence-corrected chi connectivity index (χ3v) is 3.58. The number of fused-ring (bicyclic) bond motifs is 1. The normalized spacial score (nSPS) is 13.8. The number of nitriles is 1. The molecule has 2 nitrogen and oxygen atoms in total. The number of nitrogens with zero attached hydrogens (tertiary/aromatic N) is 2. The molecule has 0 spiro atoms. The molecule has 1 heterocycles. The van der Waals surface area contributed by atoms with Gasteiger partial charge >= 0.3 is 0 Å². The van der Waals surface area contributed by atoms with Crippen molar-refractivity contribution >= 4 is 11.4 Å². The van der Waals surface area contributed by atoms with Gasteiger partial charge in [-0.2, -0.15) is 5.26 Å². The Kier molecular flexibility index (Phi) is 3.11. The fourth-order valence-corrected chi connectivity index (χ4v) is 2.62. The van der Waals surface area contributed by atoms with Crippen LogP contribution in [0.4, 0.5) is 20.2 Å². The van der Waals surface area contributed by atoms with Crippen LogP contribution in [0.3, 0.4) is 0 Å². The van der Waals surface area contributed by atoms with Crippen LogP contribution in [-0.2, 0) is 6.42 Å². The molecule has 0 unspecified atom stereocenters. The second kappa shape index (κ2) is 4.93. The average molecular weight is 270 g/mol. The average Bonchev–Trinajstić information content (AvgIpc) is 2.50. The molecule has 0 radical (unpaired) electrons. The van der Waals surface area contributed by atoms with Crippen LogP contribution in [0.1, 0.15) is 17.5 Å². The molecule has 2 aromatic rings. The molecular weight excluding hydrogens is 258 g/mol. The molecule has 4 heteroatoms. The van der Waals surface area contributed by atoms with Crippen molar-refractivity contribution in [3.63, 3.8) is 0 Å². The molecule has 2 aromatic carbocycles. The minimum atomic E-state index is -1.08. The summed E-state index contributed by atoms with van der Waals surface area (Å²) >= 11 is 0. The third-order valence-electron chi connectivity index (χ3n) is 3.58. The summed E-state index contributed by atoms with van der Waals surface area (Å²) in [7, 11) is 0. The van der Waals surface area contributed by atoms with E-state index in [1.54, 1.807) is 11.0 Å². The lowest BCUT2D eigenvalue weighted by Crippen LogP contribution is -2.25. The van der Waals surface area contributed by atoms with Crippen LogP contribution in [0.5, 0.6) is 0 Å². The second-order valence-corrected chi connectivity index (χ2v) is 4.76. The number of aryl methyl sites for hydroxylation is 1. The Morgan fingerprint density at radius 2 is 1.80 bits per heavy atom. The summed E-state index contributed by atoms with van der Waals surface area (Å²) < 4.78 is 27.9. The van der Waals surface area contributed by atoms with E-state index in [2.05, 4.69) is 0 Å².